The molecule has 1 saturated carbocycles. The van der Waals surface area contributed by atoms with Crippen LogP contribution in [0.1, 0.15) is 36.5 Å². The summed E-state index contributed by atoms with van der Waals surface area (Å²) in [6, 6.07) is 4.22. The van der Waals surface area contributed by atoms with Crippen LogP contribution in [0.15, 0.2) is 18.2 Å². The van der Waals surface area contributed by atoms with Crippen molar-refractivity contribution in [2.45, 2.75) is 38.3 Å². The number of hydrogen-bond donors (Lipinski definition) is 2. The molecule has 0 saturated heterocycles. The van der Waals surface area contributed by atoms with Crippen LogP contribution >= 0.6 is 0 Å². The number of carbonyl (C=O) groups is 1. The Morgan fingerprint density at radius 1 is 1.52 bits per heavy atom. The molecule has 1 aliphatic rings. The lowest BCUT2D eigenvalue weighted by Gasteiger charge is -2.14. The molecule has 7 nitrogen and oxygen atoms in total. The van der Waals surface area contributed by atoms with Crippen LogP contribution in [-0.2, 0) is 0 Å². The Bertz CT molecular complexity index is 547. The second-order valence-electron chi connectivity index (χ2n) is 5.11. The zero-order valence-electron chi connectivity index (χ0n) is 11.9. The van der Waals surface area contributed by atoms with Crippen molar-refractivity contribution in [3.63, 3.8) is 0 Å². The van der Waals surface area contributed by atoms with E-state index >= 15 is 0 Å². The smallest absolute Gasteiger partial charge is 0.310 e. The van der Waals surface area contributed by atoms with Crippen LogP contribution in [0, 0.1) is 10.1 Å². The van der Waals surface area contributed by atoms with Gasteiger partial charge in [-0.2, -0.15) is 0 Å². The molecule has 0 aromatic heterocycles. The molecular formula is C14H19N3O4. The van der Waals surface area contributed by atoms with Crippen LogP contribution in [-0.4, -0.2) is 29.5 Å². The number of ether oxygens (including phenoxy) is 1. The van der Waals surface area contributed by atoms with E-state index in [1.807, 2.05) is 0 Å². The van der Waals surface area contributed by atoms with E-state index in [1.165, 1.54) is 18.2 Å². The molecule has 1 aliphatic carbocycles. The maximum Gasteiger partial charge on any atom is 0.310 e. The lowest BCUT2D eigenvalue weighted by Crippen LogP contribution is -2.23. The summed E-state index contributed by atoms with van der Waals surface area (Å²) in [6.07, 6.45) is 2.14. The Kier molecular flexibility index (Phi) is 4.74. The number of hydrogen-bond acceptors (Lipinski definition) is 5. The molecule has 0 aliphatic heterocycles. The van der Waals surface area contributed by atoms with Crippen molar-refractivity contribution >= 4 is 11.6 Å². The normalized spacial score (nSPS) is 21.0. The summed E-state index contributed by atoms with van der Waals surface area (Å²) in [4.78, 5) is 22.4. The molecule has 2 rings (SSSR count). The average Bonchev–Trinajstić information content (AvgIpc) is 2.84. The van der Waals surface area contributed by atoms with E-state index in [9.17, 15) is 14.9 Å². The molecule has 2 atom stereocenters. The Hall–Kier alpha value is -2.15. The summed E-state index contributed by atoms with van der Waals surface area (Å²) < 4.78 is 5.71. The summed E-state index contributed by atoms with van der Waals surface area (Å²) in [6.45, 7) is 2.30. The number of nitro groups is 1. The quantitative estimate of drug-likeness (QED) is 0.633. The fourth-order valence-electron chi connectivity index (χ4n) is 2.42. The largest absolute Gasteiger partial charge is 0.483 e. The van der Waals surface area contributed by atoms with Gasteiger partial charge in [0.05, 0.1) is 4.92 Å². The van der Waals surface area contributed by atoms with Crippen LogP contribution < -0.4 is 15.8 Å². The van der Waals surface area contributed by atoms with E-state index in [2.05, 4.69) is 5.32 Å². The molecule has 1 fully saturated rings. The molecule has 1 aromatic rings. The highest BCUT2D eigenvalue weighted by Crippen LogP contribution is 2.32. The summed E-state index contributed by atoms with van der Waals surface area (Å²) in [7, 11) is 0. The number of benzene rings is 1. The number of nitrogens with zero attached hydrogens (tertiary/aromatic N) is 1. The third-order valence-corrected chi connectivity index (χ3v) is 3.47. The van der Waals surface area contributed by atoms with Gasteiger partial charge in [0.2, 0.25) is 0 Å². The lowest BCUT2D eigenvalue weighted by molar-refractivity contribution is -0.386. The first kappa shape index (κ1) is 15.2. The van der Waals surface area contributed by atoms with E-state index in [0.717, 1.165) is 12.8 Å². The highest BCUT2D eigenvalue weighted by molar-refractivity contribution is 5.95. The molecule has 7 heteroatoms. The summed E-state index contributed by atoms with van der Waals surface area (Å²) >= 11 is 0. The van der Waals surface area contributed by atoms with E-state index in [0.29, 0.717) is 18.5 Å². The lowest BCUT2D eigenvalue weighted by atomic mass is 10.1. The minimum Gasteiger partial charge on any atom is -0.483 e. The SMILES string of the molecule is CCNC(=O)c1ccc([N+](=O)[O-])c(OC2CCC(N)C2)c1. The topological polar surface area (TPSA) is 107 Å². The van der Waals surface area contributed by atoms with Crippen molar-refractivity contribution in [2.75, 3.05) is 6.54 Å². The van der Waals surface area contributed by atoms with Gasteiger partial charge in [-0.05, 0) is 32.3 Å². The Balaban J connectivity index is 2.24. The zero-order valence-corrected chi connectivity index (χ0v) is 11.9. The molecule has 1 aromatic carbocycles. The molecule has 114 valence electrons. The number of nitro benzene ring substituents is 1. The fraction of sp³-hybridized carbons (Fsp3) is 0.500. The van der Waals surface area contributed by atoms with E-state index in [1.54, 1.807) is 6.92 Å². The molecule has 0 spiro atoms. The first-order valence-electron chi connectivity index (χ1n) is 7.00. The van der Waals surface area contributed by atoms with Crippen molar-refractivity contribution in [3.8, 4) is 5.75 Å². The summed E-state index contributed by atoms with van der Waals surface area (Å²) in [5.74, 6) is -0.150. The van der Waals surface area contributed by atoms with Gasteiger partial charge >= 0.3 is 5.69 Å². The fourth-order valence-corrected chi connectivity index (χ4v) is 2.42. The molecule has 21 heavy (non-hydrogen) atoms. The predicted octanol–water partition coefficient (Wildman–Crippen LogP) is 1.60. The maximum absolute atomic E-state index is 11.8. The third-order valence-electron chi connectivity index (χ3n) is 3.47. The van der Waals surface area contributed by atoms with Crippen LogP contribution in [0.2, 0.25) is 0 Å². The Labute approximate surface area is 122 Å². The molecule has 0 heterocycles. The molecular weight excluding hydrogens is 274 g/mol. The van der Waals surface area contributed by atoms with Crippen molar-refractivity contribution in [1.82, 2.24) is 5.32 Å². The first-order valence-corrected chi connectivity index (χ1v) is 7.00. The third kappa shape index (κ3) is 3.69. The van der Waals surface area contributed by atoms with Crippen molar-refractivity contribution in [2.24, 2.45) is 5.73 Å². The van der Waals surface area contributed by atoms with Crippen LogP contribution in [0.25, 0.3) is 0 Å². The van der Waals surface area contributed by atoms with E-state index < -0.39 is 4.92 Å². The molecule has 0 bridgehead atoms. The average molecular weight is 293 g/mol. The second-order valence-corrected chi connectivity index (χ2v) is 5.11. The highest BCUT2D eigenvalue weighted by Gasteiger charge is 2.26. The number of carbonyl (C=O) groups excluding carboxylic acids is 1. The van der Waals surface area contributed by atoms with Gasteiger partial charge in [0.1, 0.15) is 6.10 Å². The number of rotatable bonds is 5. The van der Waals surface area contributed by atoms with Crippen molar-refractivity contribution in [3.05, 3.63) is 33.9 Å². The van der Waals surface area contributed by atoms with Gasteiger partial charge in [-0.3, -0.25) is 14.9 Å². The van der Waals surface area contributed by atoms with E-state index in [4.69, 9.17) is 10.5 Å². The monoisotopic (exact) mass is 293 g/mol. The predicted molar refractivity (Wildman–Crippen MR) is 77.3 cm³/mol. The van der Waals surface area contributed by atoms with Gasteiger partial charge in [0.25, 0.3) is 5.91 Å². The number of amides is 1. The first-order chi connectivity index (χ1) is 10.0. The molecule has 0 radical (unpaired) electrons. The van der Waals surface area contributed by atoms with Gasteiger partial charge in [-0.15, -0.1) is 0 Å². The number of nitrogens with one attached hydrogen (secondary N) is 1. The van der Waals surface area contributed by atoms with E-state index in [-0.39, 0.29) is 29.5 Å². The van der Waals surface area contributed by atoms with Gasteiger partial charge < -0.3 is 15.8 Å². The highest BCUT2D eigenvalue weighted by atomic mass is 16.6. The molecule has 1 amide bonds. The van der Waals surface area contributed by atoms with Crippen molar-refractivity contribution in [1.29, 1.82) is 0 Å². The van der Waals surface area contributed by atoms with Gasteiger partial charge in [0.15, 0.2) is 5.75 Å². The maximum atomic E-state index is 11.8. The van der Waals surface area contributed by atoms with Gasteiger partial charge in [0, 0.05) is 30.3 Å². The minimum atomic E-state index is -0.508. The van der Waals surface area contributed by atoms with Gasteiger partial charge in [-0.25, -0.2) is 0 Å². The van der Waals surface area contributed by atoms with Crippen LogP contribution in [0.5, 0.6) is 5.75 Å². The second kappa shape index (κ2) is 6.53. The Morgan fingerprint density at radius 2 is 2.29 bits per heavy atom. The standard InChI is InChI=1S/C14H19N3O4/c1-2-16-14(18)9-3-6-12(17(19)20)13(7-9)21-11-5-4-10(15)8-11/h3,6-7,10-11H,2,4-5,8,15H2,1H3,(H,16,18). The molecule has 3 N–H and O–H groups in total. The zero-order chi connectivity index (χ0) is 15.4. The number of nitrogens with two attached hydrogens (primary N) is 1. The molecule has 2 unspecified atom stereocenters. The van der Waals surface area contributed by atoms with Crippen molar-refractivity contribution < 1.29 is 14.5 Å². The summed E-state index contributed by atoms with van der Waals surface area (Å²) in [5, 5.41) is 13.7. The van der Waals surface area contributed by atoms with Crippen LogP contribution in [0.3, 0.4) is 0 Å². The van der Waals surface area contributed by atoms with Crippen LogP contribution in [0.4, 0.5) is 5.69 Å². The van der Waals surface area contributed by atoms with Gasteiger partial charge in [-0.1, -0.05) is 0 Å². The summed E-state index contributed by atoms with van der Waals surface area (Å²) in [5.41, 5.74) is 6.03. The minimum absolute atomic E-state index is 0.0700. The Morgan fingerprint density at radius 3 is 2.86 bits per heavy atom.